The van der Waals surface area contributed by atoms with E-state index in [-0.39, 0.29) is 0 Å². The van der Waals surface area contributed by atoms with Crippen LogP contribution in [-0.2, 0) is 0 Å². The Hall–Kier alpha value is -0.920. The third-order valence-corrected chi connectivity index (χ3v) is 1.37. The molecule has 11 heavy (non-hydrogen) atoms. The molecule has 0 fully saturated rings. The van der Waals surface area contributed by atoms with E-state index in [9.17, 15) is 0 Å². The number of ether oxygens (including phenoxy) is 1. The minimum atomic E-state index is 0.570. The van der Waals surface area contributed by atoms with Gasteiger partial charge in [0.1, 0.15) is 6.61 Å². The van der Waals surface area contributed by atoms with Gasteiger partial charge in [0.15, 0.2) is 0 Å². The van der Waals surface area contributed by atoms with Crippen LogP contribution >= 0.6 is 0 Å². The predicted molar refractivity (Wildman–Crippen MR) is 43.2 cm³/mol. The first-order valence-corrected chi connectivity index (χ1v) is 3.95. The van der Waals surface area contributed by atoms with Crippen molar-refractivity contribution in [1.29, 1.82) is 0 Å². The van der Waals surface area contributed by atoms with Gasteiger partial charge in [-0.2, -0.15) is 0 Å². The third-order valence-electron chi connectivity index (χ3n) is 1.37. The molecule has 0 atom stereocenters. The van der Waals surface area contributed by atoms with Crippen LogP contribution in [0.5, 0.6) is 5.95 Å². The van der Waals surface area contributed by atoms with E-state index in [1.807, 2.05) is 6.07 Å². The van der Waals surface area contributed by atoms with E-state index in [2.05, 4.69) is 6.92 Å². The van der Waals surface area contributed by atoms with Gasteiger partial charge in [0.25, 0.3) is 5.95 Å². The van der Waals surface area contributed by atoms with Crippen molar-refractivity contribution in [2.24, 2.45) is 0 Å². The zero-order valence-electron chi connectivity index (χ0n) is 6.75. The molecule has 0 saturated carbocycles. The highest BCUT2D eigenvalue weighted by atomic mass is 16.6. The van der Waals surface area contributed by atoms with Crippen LogP contribution in [0.1, 0.15) is 26.2 Å². The van der Waals surface area contributed by atoms with Crippen molar-refractivity contribution in [1.82, 2.24) is 0 Å². The van der Waals surface area contributed by atoms with Gasteiger partial charge in [-0.15, -0.1) is 0 Å². The normalized spacial score (nSPS) is 9.91. The zero-order valence-corrected chi connectivity index (χ0v) is 6.75. The lowest BCUT2D eigenvalue weighted by atomic mass is 10.3. The highest BCUT2D eigenvalue weighted by Crippen LogP contribution is 2.12. The largest absolute Gasteiger partial charge is 0.458 e. The molecule has 0 unspecified atom stereocenters. The van der Waals surface area contributed by atoms with Crippen LogP contribution in [0.3, 0.4) is 0 Å². The summed E-state index contributed by atoms with van der Waals surface area (Å²) in [4.78, 5) is 0. The molecule has 0 bridgehead atoms. The van der Waals surface area contributed by atoms with Gasteiger partial charge in [0.05, 0.1) is 6.26 Å². The van der Waals surface area contributed by atoms with Crippen LogP contribution in [0.4, 0.5) is 0 Å². The lowest BCUT2D eigenvalue weighted by molar-refractivity contribution is 0.293. The lowest BCUT2D eigenvalue weighted by Gasteiger charge is -1.98. The average molecular weight is 153 g/mol. The fourth-order valence-corrected chi connectivity index (χ4v) is 0.759. The molecule has 0 aromatic carbocycles. The topological polar surface area (TPSA) is 22.4 Å². The van der Waals surface area contributed by atoms with Crippen LogP contribution in [0, 0.1) is 6.61 Å². The Kier molecular flexibility index (Phi) is 3.59. The van der Waals surface area contributed by atoms with Crippen LogP contribution < -0.4 is 4.74 Å². The molecule has 1 aromatic rings. The maximum atomic E-state index is 5.16. The summed E-state index contributed by atoms with van der Waals surface area (Å²) >= 11 is 0. The van der Waals surface area contributed by atoms with Crippen molar-refractivity contribution >= 4 is 0 Å². The van der Waals surface area contributed by atoms with E-state index in [4.69, 9.17) is 9.15 Å². The molecule has 0 aliphatic heterocycles. The highest BCUT2D eigenvalue weighted by Gasteiger charge is 1.94. The average Bonchev–Trinajstić information content (AvgIpc) is 2.50. The Morgan fingerprint density at radius 1 is 1.64 bits per heavy atom. The van der Waals surface area contributed by atoms with Gasteiger partial charge in [-0.3, -0.25) is 0 Å². The SMILES string of the molecule is CCCC[CH]Oc1ccco1. The second-order valence-electron chi connectivity index (χ2n) is 2.36. The number of hydrogen-bond acceptors (Lipinski definition) is 2. The van der Waals surface area contributed by atoms with Gasteiger partial charge in [-0.25, -0.2) is 0 Å². The van der Waals surface area contributed by atoms with Crippen LogP contribution in [-0.4, -0.2) is 0 Å². The smallest absolute Gasteiger partial charge is 0.284 e. The fraction of sp³-hybridized carbons (Fsp3) is 0.444. The van der Waals surface area contributed by atoms with Crippen molar-refractivity contribution in [2.75, 3.05) is 0 Å². The van der Waals surface area contributed by atoms with Crippen LogP contribution in [0.15, 0.2) is 22.8 Å². The van der Waals surface area contributed by atoms with Crippen LogP contribution in [0.25, 0.3) is 0 Å². The van der Waals surface area contributed by atoms with E-state index in [0.717, 1.165) is 6.42 Å². The second-order valence-corrected chi connectivity index (χ2v) is 2.36. The van der Waals surface area contributed by atoms with Gasteiger partial charge in [-0.05, 0) is 18.9 Å². The molecule has 1 aromatic heterocycles. The van der Waals surface area contributed by atoms with Crippen molar-refractivity contribution in [3.8, 4) is 5.95 Å². The Morgan fingerprint density at radius 3 is 3.18 bits per heavy atom. The van der Waals surface area contributed by atoms with E-state index in [1.54, 1.807) is 18.9 Å². The van der Waals surface area contributed by atoms with E-state index < -0.39 is 0 Å². The van der Waals surface area contributed by atoms with Gasteiger partial charge in [0.2, 0.25) is 0 Å². The molecule has 1 heterocycles. The molecule has 2 nitrogen and oxygen atoms in total. The van der Waals surface area contributed by atoms with E-state index in [0.29, 0.717) is 5.95 Å². The molecule has 0 aliphatic rings. The summed E-state index contributed by atoms with van der Waals surface area (Å²) in [7, 11) is 0. The Balaban J connectivity index is 2.04. The number of rotatable bonds is 5. The molecular formula is C9H13O2. The minimum absolute atomic E-state index is 0.570. The van der Waals surface area contributed by atoms with Crippen LogP contribution in [0.2, 0.25) is 0 Å². The summed E-state index contributed by atoms with van der Waals surface area (Å²) in [5.74, 6) is 0.570. The number of furan rings is 1. The first kappa shape index (κ1) is 8.18. The van der Waals surface area contributed by atoms with Crippen molar-refractivity contribution in [3.63, 3.8) is 0 Å². The summed E-state index contributed by atoms with van der Waals surface area (Å²) in [6.07, 6.45) is 4.94. The summed E-state index contributed by atoms with van der Waals surface area (Å²) in [6, 6.07) is 3.60. The summed E-state index contributed by atoms with van der Waals surface area (Å²) in [6.45, 7) is 3.93. The highest BCUT2D eigenvalue weighted by molar-refractivity contribution is 5.04. The Labute approximate surface area is 67.2 Å². The molecule has 61 valence electrons. The molecule has 0 spiro atoms. The molecule has 0 N–H and O–H groups in total. The summed E-state index contributed by atoms with van der Waals surface area (Å²) in [5.41, 5.74) is 0. The number of unbranched alkanes of at least 4 members (excludes halogenated alkanes) is 2. The standard InChI is InChI=1S/C9H13O2/c1-2-3-4-7-10-9-6-5-8-11-9/h5-8H,2-4H2,1H3. The molecular weight excluding hydrogens is 140 g/mol. The number of hydrogen-bond donors (Lipinski definition) is 0. The first-order valence-electron chi connectivity index (χ1n) is 3.95. The van der Waals surface area contributed by atoms with E-state index >= 15 is 0 Å². The molecule has 1 rings (SSSR count). The molecule has 2 heteroatoms. The van der Waals surface area contributed by atoms with Crippen molar-refractivity contribution in [3.05, 3.63) is 25.0 Å². The maximum Gasteiger partial charge on any atom is 0.284 e. The minimum Gasteiger partial charge on any atom is -0.458 e. The lowest BCUT2D eigenvalue weighted by Crippen LogP contribution is -1.87. The summed E-state index contributed by atoms with van der Waals surface area (Å²) in [5, 5.41) is 0. The van der Waals surface area contributed by atoms with Gasteiger partial charge >= 0.3 is 0 Å². The van der Waals surface area contributed by atoms with Crippen molar-refractivity contribution in [2.45, 2.75) is 26.2 Å². The Morgan fingerprint density at radius 2 is 2.55 bits per heavy atom. The molecule has 1 radical (unpaired) electrons. The first-order chi connectivity index (χ1) is 5.43. The van der Waals surface area contributed by atoms with E-state index in [1.165, 1.54) is 12.8 Å². The predicted octanol–water partition coefficient (Wildman–Crippen LogP) is 3.01. The fourth-order valence-electron chi connectivity index (χ4n) is 0.759. The molecule has 0 aliphatic carbocycles. The van der Waals surface area contributed by atoms with Gasteiger partial charge in [-0.1, -0.05) is 13.3 Å². The summed E-state index contributed by atoms with van der Waals surface area (Å²) < 4.78 is 10.1. The second kappa shape index (κ2) is 4.83. The molecule has 0 amide bonds. The Bertz CT molecular complexity index is 168. The van der Waals surface area contributed by atoms with Gasteiger partial charge < -0.3 is 9.15 Å². The zero-order chi connectivity index (χ0) is 7.94. The third kappa shape index (κ3) is 3.12. The quantitative estimate of drug-likeness (QED) is 0.607. The van der Waals surface area contributed by atoms with Crippen molar-refractivity contribution < 1.29 is 9.15 Å². The monoisotopic (exact) mass is 153 g/mol. The maximum absolute atomic E-state index is 5.16. The molecule has 0 saturated heterocycles. The van der Waals surface area contributed by atoms with Gasteiger partial charge in [0, 0.05) is 6.07 Å².